The summed E-state index contributed by atoms with van der Waals surface area (Å²) >= 11 is 1.59. The zero-order valence-electron chi connectivity index (χ0n) is 9.79. The number of hydrogen-bond acceptors (Lipinski definition) is 5. The normalized spacial score (nSPS) is 11.2. The fourth-order valence-corrected chi connectivity index (χ4v) is 2.44. The Morgan fingerprint density at radius 1 is 1.44 bits per heavy atom. The van der Waals surface area contributed by atoms with Gasteiger partial charge in [-0.2, -0.15) is 0 Å². The van der Waals surface area contributed by atoms with E-state index in [2.05, 4.69) is 20.2 Å². The van der Waals surface area contributed by atoms with E-state index in [9.17, 15) is 0 Å². The molecule has 0 atom stereocenters. The molecular formula is C11H12N6S. The van der Waals surface area contributed by atoms with E-state index in [1.807, 2.05) is 29.8 Å². The van der Waals surface area contributed by atoms with Gasteiger partial charge in [0.2, 0.25) is 0 Å². The number of nitrogen functional groups attached to an aromatic ring is 1. The van der Waals surface area contributed by atoms with Crippen LogP contribution in [0.2, 0.25) is 0 Å². The van der Waals surface area contributed by atoms with Crippen LogP contribution in [0.15, 0.2) is 29.7 Å². The molecule has 6 nitrogen and oxygen atoms in total. The van der Waals surface area contributed by atoms with Crippen molar-refractivity contribution in [2.75, 3.05) is 5.73 Å². The van der Waals surface area contributed by atoms with Gasteiger partial charge in [0.05, 0.1) is 16.8 Å². The SMILES string of the molecule is Cn1cnnc1SCc1nc2ccc(N)cc2[nH]1. The smallest absolute Gasteiger partial charge is 0.191 e. The highest BCUT2D eigenvalue weighted by Crippen LogP contribution is 2.21. The molecule has 0 radical (unpaired) electrons. The second-order valence-electron chi connectivity index (χ2n) is 3.97. The van der Waals surface area contributed by atoms with Crippen molar-refractivity contribution < 1.29 is 0 Å². The highest BCUT2D eigenvalue weighted by molar-refractivity contribution is 7.98. The fraction of sp³-hybridized carbons (Fsp3) is 0.182. The predicted octanol–water partition coefficient (Wildman–Crippen LogP) is 1.57. The van der Waals surface area contributed by atoms with Gasteiger partial charge in [-0.1, -0.05) is 11.8 Å². The first-order chi connectivity index (χ1) is 8.72. The quantitative estimate of drug-likeness (QED) is 0.551. The van der Waals surface area contributed by atoms with E-state index in [0.717, 1.165) is 33.5 Å². The lowest BCUT2D eigenvalue weighted by molar-refractivity contribution is 0.788. The number of rotatable bonds is 3. The number of fused-ring (bicyclic) bond motifs is 1. The molecule has 0 saturated heterocycles. The number of imidazole rings is 1. The van der Waals surface area contributed by atoms with Crippen LogP contribution >= 0.6 is 11.8 Å². The number of aromatic nitrogens is 5. The summed E-state index contributed by atoms with van der Waals surface area (Å²) in [5.41, 5.74) is 8.35. The lowest BCUT2D eigenvalue weighted by Gasteiger charge is -1.96. The number of nitrogens with one attached hydrogen (secondary N) is 1. The molecule has 92 valence electrons. The second-order valence-corrected chi connectivity index (χ2v) is 4.92. The van der Waals surface area contributed by atoms with E-state index in [0.29, 0.717) is 0 Å². The Balaban J connectivity index is 1.81. The third kappa shape index (κ3) is 2.04. The van der Waals surface area contributed by atoms with Crippen molar-refractivity contribution in [2.24, 2.45) is 7.05 Å². The molecule has 3 N–H and O–H groups in total. The van der Waals surface area contributed by atoms with E-state index >= 15 is 0 Å². The number of benzene rings is 1. The van der Waals surface area contributed by atoms with Gasteiger partial charge in [-0.05, 0) is 18.2 Å². The zero-order valence-corrected chi connectivity index (χ0v) is 10.6. The number of nitrogens with two attached hydrogens (primary N) is 1. The van der Waals surface area contributed by atoms with Crippen LogP contribution in [0.1, 0.15) is 5.82 Å². The topological polar surface area (TPSA) is 85.4 Å². The van der Waals surface area contributed by atoms with E-state index < -0.39 is 0 Å². The Kier molecular flexibility index (Phi) is 2.67. The molecule has 3 rings (SSSR count). The van der Waals surface area contributed by atoms with Gasteiger partial charge in [0.25, 0.3) is 0 Å². The van der Waals surface area contributed by atoms with Crippen LogP contribution in [0, 0.1) is 0 Å². The Bertz CT molecular complexity index is 686. The van der Waals surface area contributed by atoms with Crippen LogP contribution < -0.4 is 5.73 Å². The van der Waals surface area contributed by atoms with Crippen LogP contribution in [0.25, 0.3) is 11.0 Å². The zero-order chi connectivity index (χ0) is 12.5. The molecule has 0 unspecified atom stereocenters. The summed E-state index contributed by atoms with van der Waals surface area (Å²) in [6, 6.07) is 5.65. The van der Waals surface area contributed by atoms with Gasteiger partial charge in [0.15, 0.2) is 5.16 Å². The molecule has 2 aromatic heterocycles. The molecule has 0 aliphatic rings. The average molecular weight is 260 g/mol. The first-order valence-electron chi connectivity index (χ1n) is 5.43. The summed E-state index contributed by atoms with van der Waals surface area (Å²) in [4.78, 5) is 7.74. The van der Waals surface area contributed by atoms with E-state index in [1.54, 1.807) is 18.1 Å². The summed E-state index contributed by atoms with van der Waals surface area (Å²) in [6.45, 7) is 0. The lowest BCUT2D eigenvalue weighted by Crippen LogP contribution is -1.90. The van der Waals surface area contributed by atoms with Crippen molar-refractivity contribution in [3.8, 4) is 0 Å². The molecule has 0 fully saturated rings. The van der Waals surface area contributed by atoms with Crippen LogP contribution in [0.4, 0.5) is 5.69 Å². The van der Waals surface area contributed by atoms with Gasteiger partial charge < -0.3 is 15.3 Å². The van der Waals surface area contributed by atoms with E-state index in [1.165, 1.54) is 0 Å². The number of anilines is 1. The number of hydrogen-bond donors (Lipinski definition) is 2. The molecule has 0 saturated carbocycles. The Morgan fingerprint density at radius 3 is 3.11 bits per heavy atom. The highest BCUT2D eigenvalue weighted by Gasteiger charge is 2.06. The molecule has 0 aliphatic heterocycles. The third-order valence-corrected chi connectivity index (χ3v) is 3.61. The van der Waals surface area contributed by atoms with Crippen molar-refractivity contribution in [2.45, 2.75) is 10.9 Å². The molecule has 3 aromatic rings. The van der Waals surface area contributed by atoms with Crippen LogP contribution in [-0.2, 0) is 12.8 Å². The number of aromatic amines is 1. The van der Waals surface area contributed by atoms with Crippen LogP contribution in [0.3, 0.4) is 0 Å². The van der Waals surface area contributed by atoms with Gasteiger partial charge in [0, 0.05) is 12.7 Å². The van der Waals surface area contributed by atoms with Crippen molar-refractivity contribution in [3.63, 3.8) is 0 Å². The minimum atomic E-state index is 0.723. The maximum Gasteiger partial charge on any atom is 0.191 e. The molecule has 0 bridgehead atoms. The van der Waals surface area contributed by atoms with Crippen molar-refractivity contribution in [3.05, 3.63) is 30.4 Å². The number of aryl methyl sites for hydroxylation is 1. The standard InChI is InChI=1S/C11H12N6S/c1-17-6-13-16-11(17)18-5-10-14-8-3-2-7(12)4-9(8)15-10/h2-4,6H,5,12H2,1H3,(H,14,15). The van der Waals surface area contributed by atoms with Crippen molar-refractivity contribution in [1.82, 2.24) is 24.7 Å². The summed E-state index contributed by atoms with van der Waals surface area (Å²) in [6.07, 6.45) is 1.68. The molecule has 7 heteroatoms. The van der Waals surface area contributed by atoms with Gasteiger partial charge in [-0.25, -0.2) is 4.98 Å². The maximum atomic E-state index is 5.73. The van der Waals surface area contributed by atoms with E-state index in [4.69, 9.17) is 5.73 Å². The Labute approximate surface area is 108 Å². The Morgan fingerprint density at radius 2 is 2.33 bits per heavy atom. The monoisotopic (exact) mass is 260 g/mol. The number of thioether (sulfide) groups is 1. The lowest BCUT2D eigenvalue weighted by atomic mass is 10.3. The molecule has 0 spiro atoms. The Hall–Kier alpha value is -2.02. The highest BCUT2D eigenvalue weighted by atomic mass is 32.2. The minimum absolute atomic E-state index is 0.723. The van der Waals surface area contributed by atoms with Crippen LogP contribution in [-0.4, -0.2) is 24.7 Å². The van der Waals surface area contributed by atoms with Crippen molar-refractivity contribution in [1.29, 1.82) is 0 Å². The van der Waals surface area contributed by atoms with Gasteiger partial charge in [-0.3, -0.25) is 0 Å². The molecule has 2 heterocycles. The number of H-pyrrole nitrogens is 1. The fourth-order valence-electron chi connectivity index (χ4n) is 1.68. The molecule has 18 heavy (non-hydrogen) atoms. The first kappa shape index (κ1) is 11.1. The third-order valence-electron chi connectivity index (χ3n) is 2.56. The number of nitrogens with zero attached hydrogens (tertiary/aromatic N) is 4. The molecule has 0 amide bonds. The maximum absolute atomic E-state index is 5.73. The molecule has 1 aromatic carbocycles. The first-order valence-corrected chi connectivity index (χ1v) is 6.42. The molecule has 0 aliphatic carbocycles. The summed E-state index contributed by atoms with van der Waals surface area (Å²) in [5, 5.41) is 8.72. The minimum Gasteiger partial charge on any atom is -0.399 e. The average Bonchev–Trinajstić information content (AvgIpc) is 2.92. The van der Waals surface area contributed by atoms with Gasteiger partial charge >= 0.3 is 0 Å². The summed E-state index contributed by atoms with van der Waals surface area (Å²) < 4.78 is 1.88. The largest absolute Gasteiger partial charge is 0.399 e. The van der Waals surface area contributed by atoms with Crippen LogP contribution in [0.5, 0.6) is 0 Å². The molecular weight excluding hydrogens is 248 g/mol. The second kappa shape index (κ2) is 4.34. The van der Waals surface area contributed by atoms with E-state index in [-0.39, 0.29) is 0 Å². The van der Waals surface area contributed by atoms with Gasteiger partial charge in [0.1, 0.15) is 12.2 Å². The predicted molar refractivity (Wildman–Crippen MR) is 71.1 cm³/mol. The summed E-state index contributed by atoms with van der Waals surface area (Å²) in [7, 11) is 1.92. The van der Waals surface area contributed by atoms with Crippen molar-refractivity contribution >= 4 is 28.5 Å². The van der Waals surface area contributed by atoms with Gasteiger partial charge in [-0.15, -0.1) is 10.2 Å². The summed E-state index contributed by atoms with van der Waals surface area (Å²) in [5.74, 6) is 1.63.